The largest absolute Gasteiger partial charge is 0.493 e. The normalized spacial score (nSPS) is 21.7. The van der Waals surface area contributed by atoms with E-state index < -0.39 is 0 Å². The molecular weight excluding hydrogens is 546 g/mol. The molecule has 2 aromatic carbocycles. The summed E-state index contributed by atoms with van der Waals surface area (Å²) in [5, 5.41) is 4.81. The van der Waals surface area contributed by atoms with Crippen LogP contribution in [0.2, 0.25) is 10.0 Å². The van der Waals surface area contributed by atoms with Crippen molar-refractivity contribution in [3.8, 4) is 11.5 Å². The summed E-state index contributed by atoms with van der Waals surface area (Å²) in [7, 11) is 1.67. The third kappa shape index (κ3) is 6.57. The molecule has 2 aromatic rings. The smallest absolute Gasteiger partial charge is 0.175 e. The van der Waals surface area contributed by atoms with Crippen molar-refractivity contribution in [2.75, 3.05) is 26.7 Å². The van der Waals surface area contributed by atoms with Crippen LogP contribution >= 0.6 is 63.9 Å². The third-order valence-electron chi connectivity index (χ3n) is 5.88. The van der Waals surface area contributed by atoms with Crippen molar-refractivity contribution in [3.05, 3.63) is 56.0 Å². The Hall–Kier alpha value is -0.400. The molecule has 1 unspecified atom stereocenters. The van der Waals surface area contributed by atoms with Gasteiger partial charge in [-0.2, -0.15) is 0 Å². The zero-order valence-corrected chi connectivity index (χ0v) is 21.9. The number of halogens is 5. The summed E-state index contributed by atoms with van der Waals surface area (Å²) >= 11 is 15.7. The molecule has 1 atom stereocenters. The van der Waals surface area contributed by atoms with Crippen molar-refractivity contribution in [2.45, 2.75) is 32.0 Å². The van der Waals surface area contributed by atoms with Crippen LogP contribution in [0.4, 0.5) is 0 Å². The van der Waals surface area contributed by atoms with Crippen molar-refractivity contribution in [3.63, 3.8) is 0 Å². The van der Waals surface area contributed by atoms with E-state index in [1.54, 1.807) is 13.2 Å². The standard InChI is InChI=1S/C22H25BrCl2N2O2.2ClH/c1-28-21-10-15(11-26-20-12-27-6-4-16(20)5-7-27)8-17(23)22(21)29-13-14-2-3-18(24)19(25)9-14;;/h2-3,8-10,16,20,26H,4-7,11-13H2,1H3;2*1H. The Bertz CT molecular complexity index is 879. The lowest BCUT2D eigenvalue weighted by atomic mass is 9.84. The molecule has 31 heavy (non-hydrogen) atoms. The quantitative estimate of drug-likeness (QED) is 0.418. The molecule has 3 aliphatic rings. The van der Waals surface area contributed by atoms with Gasteiger partial charge < -0.3 is 19.7 Å². The van der Waals surface area contributed by atoms with Gasteiger partial charge in [0.05, 0.1) is 21.6 Å². The highest BCUT2D eigenvalue weighted by Crippen LogP contribution is 2.38. The lowest BCUT2D eigenvalue weighted by Crippen LogP contribution is -2.55. The van der Waals surface area contributed by atoms with Gasteiger partial charge in [0.1, 0.15) is 6.61 Å². The number of fused-ring (bicyclic) bond motifs is 3. The second-order valence-electron chi connectivity index (χ2n) is 7.77. The molecule has 3 aliphatic heterocycles. The molecule has 1 N–H and O–H groups in total. The zero-order valence-electron chi connectivity index (χ0n) is 17.2. The van der Waals surface area contributed by atoms with E-state index in [-0.39, 0.29) is 24.8 Å². The molecule has 0 aliphatic carbocycles. The molecule has 0 amide bonds. The summed E-state index contributed by atoms with van der Waals surface area (Å²) in [6.07, 6.45) is 2.62. The van der Waals surface area contributed by atoms with Gasteiger partial charge in [0.25, 0.3) is 0 Å². The number of hydrogen-bond acceptors (Lipinski definition) is 4. The molecule has 0 radical (unpaired) electrons. The summed E-state index contributed by atoms with van der Waals surface area (Å²) in [5.41, 5.74) is 2.12. The van der Waals surface area contributed by atoms with E-state index in [1.807, 2.05) is 18.2 Å². The van der Waals surface area contributed by atoms with Crippen LogP contribution in [0.1, 0.15) is 24.0 Å². The molecule has 172 valence electrons. The van der Waals surface area contributed by atoms with Crippen LogP contribution in [0.25, 0.3) is 0 Å². The van der Waals surface area contributed by atoms with Crippen molar-refractivity contribution < 1.29 is 9.47 Å². The summed E-state index contributed by atoms with van der Waals surface area (Å²) in [4.78, 5) is 2.56. The van der Waals surface area contributed by atoms with Gasteiger partial charge in [-0.05, 0) is 83.2 Å². The minimum atomic E-state index is 0. The maximum absolute atomic E-state index is 6.10. The number of nitrogens with zero attached hydrogens (tertiary/aromatic N) is 1. The lowest BCUT2D eigenvalue weighted by molar-refractivity contribution is 0.0720. The lowest BCUT2D eigenvalue weighted by Gasteiger charge is -2.45. The van der Waals surface area contributed by atoms with Crippen LogP contribution in [0.15, 0.2) is 34.8 Å². The SMILES string of the molecule is COc1cc(CNC2CN3CCC2CC3)cc(Br)c1OCc1ccc(Cl)c(Cl)c1.Cl.Cl. The van der Waals surface area contributed by atoms with Crippen LogP contribution in [0, 0.1) is 5.92 Å². The van der Waals surface area contributed by atoms with Crippen LogP contribution < -0.4 is 14.8 Å². The van der Waals surface area contributed by atoms with Gasteiger partial charge in [0.15, 0.2) is 11.5 Å². The number of methoxy groups -OCH3 is 1. The molecule has 9 heteroatoms. The minimum absolute atomic E-state index is 0. The van der Waals surface area contributed by atoms with E-state index in [1.165, 1.54) is 31.5 Å². The van der Waals surface area contributed by atoms with Gasteiger partial charge in [-0.3, -0.25) is 0 Å². The first kappa shape index (κ1) is 26.8. The van der Waals surface area contributed by atoms with Gasteiger partial charge in [-0.25, -0.2) is 0 Å². The Balaban J connectivity index is 0.00000171. The molecule has 0 spiro atoms. The first-order valence-electron chi connectivity index (χ1n) is 9.92. The Morgan fingerprint density at radius 2 is 1.81 bits per heavy atom. The molecule has 3 heterocycles. The Kier molecular flexibility index (Phi) is 10.5. The molecule has 0 saturated carbocycles. The Morgan fingerprint density at radius 1 is 1.06 bits per heavy atom. The summed E-state index contributed by atoms with van der Waals surface area (Å²) < 4.78 is 12.5. The fourth-order valence-electron chi connectivity index (χ4n) is 4.25. The maximum atomic E-state index is 6.10. The van der Waals surface area contributed by atoms with Gasteiger partial charge in [0, 0.05) is 19.1 Å². The number of ether oxygens (including phenoxy) is 2. The Labute approximate surface area is 214 Å². The first-order chi connectivity index (χ1) is 14.0. The van der Waals surface area contributed by atoms with Gasteiger partial charge >= 0.3 is 0 Å². The average molecular weight is 573 g/mol. The fourth-order valence-corrected chi connectivity index (χ4v) is 5.17. The van der Waals surface area contributed by atoms with Crippen LogP contribution in [-0.4, -0.2) is 37.7 Å². The van der Waals surface area contributed by atoms with E-state index in [0.717, 1.165) is 29.0 Å². The monoisotopic (exact) mass is 570 g/mol. The molecule has 3 saturated heterocycles. The highest BCUT2D eigenvalue weighted by Gasteiger charge is 2.33. The summed E-state index contributed by atoms with van der Waals surface area (Å²) in [6.45, 7) is 4.87. The predicted octanol–water partition coefficient (Wildman–Crippen LogP) is 6.37. The topological polar surface area (TPSA) is 33.7 Å². The van der Waals surface area contributed by atoms with E-state index in [4.69, 9.17) is 32.7 Å². The second kappa shape index (κ2) is 12.2. The van der Waals surface area contributed by atoms with Crippen LogP contribution in [-0.2, 0) is 13.2 Å². The van der Waals surface area contributed by atoms with E-state index >= 15 is 0 Å². The zero-order chi connectivity index (χ0) is 20.4. The predicted molar refractivity (Wildman–Crippen MR) is 136 cm³/mol. The van der Waals surface area contributed by atoms with Crippen molar-refractivity contribution in [2.24, 2.45) is 5.92 Å². The van der Waals surface area contributed by atoms with Crippen LogP contribution in [0.5, 0.6) is 11.5 Å². The Morgan fingerprint density at radius 3 is 2.42 bits per heavy atom. The average Bonchev–Trinajstić information content (AvgIpc) is 2.74. The highest BCUT2D eigenvalue weighted by molar-refractivity contribution is 9.10. The van der Waals surface area contributed by atoms with E-state index in [9.17, 15) is 0 Å². The number of hydrogen-bond donors (Lipinski definition) is 1. The van der Waals surface area contributed by atoms with E-state index in [2.05, 4.69) is 32.2 Å². The van der Waals surface area contributed by atoms with Gasteiger partial charge in [0.2, 0.25) is 0 Å². The number of rotatable bonds is 7. The number of benzene rings is 2. The van der Waals surface area contributed by atoms with E-state index in [0.29, 0.717) is 34.2 Å². The van der Waals surface area contributed by atoms with Crippen molar-refractivity contribution >= 4 is 63.9 Å². The van der Waals surface area contributed by atoms with Crippen molar-refractivity contribution in [1.82, 2.24) is 10.2 Å². The molecule has 0 aromatic heterocycles. The van der Waals surface area contributed by atoms with Crippen LogP contribution in [0.3, 0.4) is 0 Å². The molecule has 5 rings (SSSR count). The molecule has 3 fully saturated rings. The minimum Gasteiger partial charge on any atom is -0.493 e. The molecular formula is C22H27BrCl4N2O2. The highest BCUT2D eigenvalue weighted by atomic mass is 79.9. The summed E-state index contributed by atoms with van der Waals surface area (Å²) in [6, 6.07) is 10.2. The maximum Gasteiger partial charge on any atom is 0.175 e. The van der Waals surface area contributed by atoms with Gasteiger partial charge in [-0.15, -0.1) is 24.8 Å². The number of piperidine rings is 3. The number of nitrogens with one attached hydrogen (secondary N) is 1. The molecule has 2 bridgehead atoms. The first-order valence-corrected chi connectivity index (χ1v) is 11.5. The van der Waals surface area contributed by atoms with Crippen molar-refractivity contribution in [1.29, 1.82) is 0 Å². The third-order valence-corrected chi connectivity index (χ3v) is 7.21. The molecule has 4 nitrogen and oxygen atoms in total. The second-order valence-corrected chi connectivity index (χ2v) is 9.44. The fraction of sp³-hybridized carbons (Fsp3) is 0.455. The summed E-state index contributed by atoms with van der Waals surface area (Å²) in [5.74, 6) is 2.20. The van der Waals surface area contributed by atoms with Gasteiger partial charge in [-0.1, -0.05) is 29.3 Å².